The summed E-state index contributed by atoms with van der Waals surface area (Å²) in [5.74, 6) is 0.0844. The molecular weight excluding hydrogens is 206 g/mol. The molecule has 1 N–H and O–H groups in total. The van der Waals surface area contributed by atoms with Crippen LogP contribution in [-0.2, 0) is 9.53 Å². The Bertz CT molecular complexity index is 332. The van der Waals surface area contributed by atoms with Crippen LogP contribution in [0.1, 0.15) is 6.92 Å². The number of carbonyl (C=O) groups is 1. The van der Waals surface area contributed by atoms with Crippen LogP contribution in [0.5, 0.6) is 0 Å². The molecule has 5 nitrogen and oxygen atoms in total. The number of ether oxygens (including phenoxy) is 1. The SMILES string of the molecule is COC(C)C(=O)Nc1ccnc(Cl)n1. The van der Waals surface area contributed by atoms with Crippen molar-refractivity contribution < 1.29 is 9.53 Å². The highest BCUT2D eigenvalue weighted by molar-refractivity contribution is 6.28. The lowest BCUT2D eigenvalue weighted by molar-refractivity contribution is -0.124. The molecule has 0 aliphatic rings. The maximum atomic E-state index is 11.3. The quantitative estimate of drug-likeness (QED) is 0.767. The van der Waals surface area contributed by atoms with Crippen LogP contribution in [0.25, 0.3) is 0 Å². The number of nitrogens with zero attached hydrogens (tertiary/aromatic N) is 2. The number of hydrogen-bond acceptors (Lipinski definition) is 4. The lowest BCUT2D eigenvalue weighted by atomic mass is 10.4. The van der Waals surface area contributed by atoms with Crippen LogP contribution in [0, 0.1) is 0 Å². The number of aromatic nitrogens is 2. The van der Waals surface area contributed by atoms with Gasteiger partial charge in [0.1, 0.15) is 11.9 Å². The van der Waals surface area contributed by atoms with E-state index in [1.54, 1.807) is 13.0 Å². The van der Waals surface area contributed by atoms with Gasteiger partial charge in [0.25, 0.3) is 5.91 Å². The van der Waals surface area contributed by atoms with E-state index in [2.05, 4.69) is 15.3 Å². The molecular formula is C8H10ClN3O2. The third kappa shape index (κ3) is 2.93. The zero-order chi connectivity index (χ0) is 10.6. The summed E-state index contributed by atoms with van der Waals surface area (Å²) < 4.78 is 4.83. The molecule has 1 atom stereocenters. The first-order chi connectivity index (χ1) is 6.63. The summed E-state index contributed by atoms with van der Waals surface area (Å²) in [5, 5.41) is 2.62. The average molecular weight is 216 g/mol. The molecule has 0 saturated carbocycles. The lowest BCUT2D eigenvalue weighted by Gasteiger charge is -2.09. The van der Waals surface area contributed by atoms with Gasteiger partial charge in [0.15, 0.2) is 0 Å². The van der Waals surface area contributed by atoms with Crippen LogP contribution >= 0.6 is 11.6 Å². The van der Waals surface area contributed by atoms with Gasteiger partial charge in [-0.1, -0.05) is 0 Å². The van der Waals surface area contributed by atoms with Crippen LogP contribution < -0.4 is 5.32 Å². The Labute approximate surface area is 86.5 Å². The standard InChI is InChI=1S/C8H10ClN3O2/c1-5(14-2)7(13)11-6-3-4-10-8(9)12-6/h3-5H,1-2H3,(H,10,11,12,13). The monoisotopic (exact) mass is 215 g/mol. The largest absolute Gasteiger partial charge is 0.372 e. The molecule has 1 aromatic heterocycles. The van der Waals surface area contributed by atoms with Gasteiger partial charge >= 0.3 is 0 Å². The van der Waals surface area contributed by atoms with Gasteiger partial charge in [-0.25, -0.2) is 9.97 Å². The minimum absolute atomic E-state index is 0.0906. The lowest BCUT2D eigenvalue weighted by Crippen LogP contribution is -2.26. The Hall–Kier alpha value is -1.20. The summed E-state index contributed by atoms with van der Waals surface area (Å²) in [7, 11) is 1.46. The van der Waals surface area contributed by atoms with Gasteiger partial charge in [0.2, 0.25) is 5.28 Å². The summed E-state index contributed by atoms with van der Waals surface area (Å²) in [4.78, 5) is 18.8. The van der Waals surface area contributed by atoms with E-state index < -0.39 is 6.10 Å². The summed E-state index contributed by atoms with van der Waals surface area (Å²) in [6, 6.07) is 1.55. The maximum absolute atomic E-state index is 11.3. The predicted octanol–water partition coefficient (Wildman–Crippen LogP) is 1.10. The molecule has 0 aromatic carbocycles. The number of anilines is 1. The van der Waals surface area contributed by atoms with Crippen molar-refractivity contribution in [3.63, 3.8) is 0 Å². The van der Waals surface area contributed by atoms with Crippen molar-refractivity contribution in [1.82, 2.24) is 9.97 Å². The first-order valence-electron chi connectivity index (χ1n) is 3.95. The van der Waals surface area contributed by atoms with Crippen LogP contribution in [0.3, 0.4) is 0 Å². The number of methoxy groups -OCH3 is 1. The number of nitrogens with one attached hydrogen (secondary N) is 1. The first kappa shape index (κ1) is 10.9. The van der Waals surface area contributed by atoms with Crippen molar-refractivity contribution in [2.45, 2.75) is 13.0 Å². The molecule has 0 saturated heterocycles. The maximum Gasteiger partial charge on any atom is 0.254 e. The van der Waals surface area contributed by atoms with Crippen LogP contribution in [0.2, 0.25) is 5.28 Å². The summed E-state index contributed by atoms with van der Waals surface area (Å²) in [6.07, 6.45) is 0.936. The molecule has 1 amide bonds. The molecule has 1 aromatic rings. The fourth-order valence-corrected chi connectivity index (χ4v) is 0.887. The van der Waals surface area contributed by atoms with E-state index >= 15 is 0 Å². The second-order valence-electron chi connectivity index (χ2n) is 2.58. The van der Waals surface area contributed by atoms with Crippen LogP contribution in [-0.4, -0.2) is 29.1 Å². The molecule has 0 aliphatic heterocycles. The van der Waals surface area contributed by atoms with E-state index in [9.17, 15) is 4.79 Å². The summed E-state index contributed by atoms with van der Waals surface area (Å²) in [5.41, 5.74) is 0. The zero-order valence-electron chi connectivity index (χ0n) is 7.82. The van der Waals surface area contributed by atoms with Crippen LogP contribution in [0.15, 0.2) is 12.3 Å². The normalized spacial score (nSPS) is 12.2. The van der Waals surface area contributed by atoms with E-state index in [0.717, 1.165) is 0 Å². The predicted molar refractivity (Wildman–Crippen MR) is 52.1 cm³/mol. The van der Waals surface area contributed by atoms with E-state index in [-0.39, 0.29) is 11.2 Å². The van der Waals surface area contributed by atoms with Crippen molar-refractivity contribution in [3.05, 3.63) is 17.5 Å². The van der Waals surface area contributed by atoms with Gasteiger partial charge in [-0.05, 0) is 24.6 Å². The molecule has 0 aliphatic carbocycles. The van der Waals surface area contributed by atoms with Gasteiger partial charge in [0, 0.05) is 13.3 Å². The van der Waals surface area contributed by atoms with Gasteiger partial charge in [-0.3, -0.25) is 4.79 Å². The fourth-order valence-electron chi connectivity index (χ4n) is 0.739. The smallest absolute Gasteiger partial charge is 0.254 e. The fraction of sp³-hybridized carbons (Fsp3) is 0.375. The third-order valence-corrected chi connectivity index (χ3v) is 1.78. The number of halogens is 1. The van der Waals surface area contributed by atoms with E-state index in [1.165, 1.54) is 13.3 Å². The van der Waals surface area contributed by atoms with Crippen molar-refractivity contribution in [2.75, 3.05) is 12.4 Å². The second-order valence-corrected chi connectivity index (χ2v) is 2.92. The van der Waals surface area contributed by atoms with E-state index in [1.807, 2.05) is 0 Å². The minimum Gasteiger partial charge on any atom is -0.372 e. The van der Waals surface area contributed by atoms with Gasteiger partial charge in [0.05, 0.1) is 0 Å². The number of carbonyl (C=O) groups excluding carboxylic acids is 1. The topological polar surface area (TPSA) is 64.1 Å². The van der Waals surface area contributed by atoms with Crippen LogP contribution in [0.4, 0.5) is 5.82 Å². The Morgan fingerprint density at radius 3 is 3.00 bits per heavy atom. The van der Waals surface area contributed by atoms with Gasteiger partial charge < -0.3 is 10.1 Å². The molecule has 76 valence electrons. The van der Waals surface area contributed by atoms with Gasteiger partial charge in [-0.15, -0.1) is 0 Å². The summed E-state index contributed by atoms with van der Waals surface area (Å²) in [6.45, 7) is 1.64. The van der Waals surface area contributed by atoms with Crippen molar-refractivity contribution in [3.8, 4) is 0 Å². The molecule has 1 unspecified atom stereocenters. The number of amides is 1. The Morgan fingerprint density at radius 1 is 1.71 bits per heavy atom. The Balaban J connectivity index is 2.65. The molecule has 1 heterocycles. The molecule has 0 spiro atoms. The number of rotatable bonds is 3. The molecule has 0 bridgehead atoms. The van der Waals surface area contributed by atoms with E-state index in [0.29, 0.717) is 5.82 Å². The van der Waals surface area contributed by atoms with Gasteiger partial charge in [-0.2, -0.15) is 0 Å². The second kappa shape index (κ2) is 4.88. The summed E-state index contributed by atoms with van der Waals surface area (Å²) >= 11 is 5.54. The molecule has 1 rings (SSSR count). The van der Waals surface area contributed by atoms with Crippen molar-refractivity contribution >= 4 is 23.3 Å². The van der Waals surface area contributed by atoms with E-state index in [4.69, 9.17) is 16.3 Å². The highest BCUT2D eigenvalue weighted by Gasteiger charge is 2.11. The highest BCUT2D eigenvalue weighted by atomic mass is 35.5. The third-order valence-electron chi connectivity index (χ3n) is 1.60. The minimum atomic E-state index is -0.524. The first-order valence-corrected chi connectivity index (χ1v) is 4.33. The van der Waals surface area contributed by atoms with Crippen molar-refractivity contribution in [1.29, 1.82) is 0 Å². The molecule has 0 fully saturated rings. The molecule has 0 radical (unpaired) electrons. The molecule has 14 heavy (non-hydrogen) atoms. The van der Waals surface area contributed by atoms with Crippen molar-refractivity contribution in [2.24, 2.45) is 0 Å². The zero-order valence-corrected chi connectivity index (χ0v) is 8.58. The Morgan fingerprint density at radius 2 is 2.43 bits per heavy atom. The Kier molecular flexibility index (Phi) is 3.79. The number of hydrogen-bond donors (Lipinski definition) is 1. The molecule has 6 heteroatoms. The highest BCUT2D eigenvalue weighted by Crippen LogP contribution is 2.06. The average Bonchev–Trinajstić information content (AvgIpc) is 2.16.